The van der Waals surface area contributed by atoms with Crippen LogP contribution < -0.4 is 5.73 Å². The molecule has 0 spiro atoms. The van der Waals surface area contributed by atoms with Crippen molar-refractivity contribution in [3.8, 4) is 11.5 Å². The van der Waals surface area contributed by atoms with E-state index in [1.54, 1.807) is 17.9 Å². The summed E-state index contributed by atoms with van der Waals surface area (Å²) in [5.74, 6) is -1.43. The van der Waals surface area contributed by atoms with Gasteiger partial charge in [-0.25, -0.2) is 4.79 Å². The average Bonchev–Trinajstić information content (AvgIpc) is 2.78. The fraction of sp³-hybridized carbons (Fsp3) is 0.480. The molecule has 0 aromatic heterocycles. The number of phenolic OH excluding ortho intramolecular Hbond substituents is 2. The van der Waals surface area contributed by atoms with E-state index >= 15 is 0 Å². The highest BCUT2D eigenvalue weighted by Crippen LogP contribution is 2.29. The Morgan fingerprint density at radius 2 is 1.97 bits per heavy atom. The topological polar surface area (TPSA) is 135 Å². The number of ether oxygens (including phenoxy) is 1. The summed E-state index contributed by atoms with van der Waals surface area (Å²) in [6, 6.07) is 2.24. The minimum atomic E-state index is -0.709. The lowest BCUT2D eigenvalue weighted by molar-refractivity contribution is -0.137. The molecule has 9 heteroatoms. The van der Waals surface area contributed by atoms with Crippen molar-refractivity contribution < 1.29 is 29.4 Å². The highest BCUT2D eigenvalue weighted by atomic mass is 16.6. The number of carbonyl (C=O) groups excluding carboxylic acids is 2. The van der Waals surface area contributed by atoms with E-state index in [1.807, 2.05) is 18.2 Å². The van der Waals surface area contributed by atoms with Crippen molar-refractivity contribution in [1.82, 2.24) is 4.90 Å². The quantitative estimate of drug-likeness (QED) is 0.350. The van der Waals surface area contributed by atoms with Gasteiger partial charge in [-0.1, -0.05) is 23.4 Å². The molecular formula is C25H33N3O6. The number of allylic oxidation sites excluding steroid dienone is 1. The molecule has 34 heavy (non-hydrogen) atoms. The van der Waals surface area contributed by atoms with Gasteiger partial charge in [0.2, 0.25) is 0 Å². The van der Waals surface area contributed by atoms with Crippen molar-refractivity contribution in [2.24, 2.45) is 10.9 Å². The van der Waals surface area contributed by atoms with Gasteiger partial charge in [0, 0.05) is 38.0 Å². The Labute approximate surface area is 199 Å². The number of hydrogen-bond acceptors (Lipinski definition) is 8. The highest BCUT2D eigenvalue weighted by molar-refractivity contribution is 6.00. The van der Waals surface area contributed by atoms with Crippen molar-refractivity contribution in [1.29, 1.82) is 0 Å². The molecule has 184 valence electrons. The molecule has 1 aromatic carbocycles. The SMILES string of the molecule is C[C@@H]1CC=C[C@H](N)CC=CC(=NOCC(=O)N2CCCCC2)Cc2cc(O)cc(O)c2C(=O)O1. The normalized spacial score (nSPS) is 23.2. The molecule has 1 aromatic rings. The third-order valence-electron chi connectivity index (χ3n) is 5.72. The van der Waals surface area contributed by atoms with Crippen molar-refractivity contribution in [3.05, 3.63) is 47.6 Å². The molecular weight excluding hydrogens is 438 g/mol. The van der Waals surface area contributed by atoms with Crippen LogP contribution in [0.1, 0.15) is 54.9 Å². The third kappa shape index (κ3) is 7.34. The van der Waals surface area contributed by atoms with Gasteiger partial charge in [0.15, 0.2) is 6.61 Å². The molecule has 1 saturated heterocycles. The maximum atomic E-state index is 12.8. The van der Waals surface area contributed by atoms with E-state index in [1.165, 1.54) is 6.07 Å². The van der Waals surface area contributed by atoms with E-state index in [0.717, 1.165) is 38.4 Å². The minimum absolute atomic E-state index is 0.0483. The first-order chi connectivity index (χ1) is 16.3. The Kier molecular flexibility index (Phi) is 9.09. The first-order valence-electron chi connectivity index (χ1n) is 11.6. The number of cyclic esters (lactones) is 1. The van der Waals surface area contributed by atoms with Gasteiger partial charge in [-0.15, -0.1) is 0 Å². The van der Waals surface area contributed by atoms with E-state index in [-0.39, 0.29) is 42.0 Å². The van der Waals surface area contributed by atoms with Gasteiger partial charge >= 0.3 is 5.97 Å². The number of oxime groups is 1. The summed E-state index contributed by atoms with van der Waals surface area (Å²) in [6.45, 7) is 2.99. The number of esters is 1. The average molecular weight is 472 g/mol. The van der Waals surface area contributed by atoms with E-state index in [2.05, 4.69) is 5.16 Å². The number of hydrogen-bond donors (Lipinski definition) is 3. The second kappa shape index (κ2) is 12.2. The fourth-order valence-corrected chi connectivity index (χ4v) is 3.94. The van der Waals surface area contributed by atoms with Crippen LogP contribution in [-0.4, -0.2) is 64.5 Å². The third-order valence-corrected chi connectivity index (χ3v) is 5.72. The second-order valence-corrected chi connectivity index (χ2v) is 8.66. The summed E-state index contributed by atoms with van der Waals surface area (Å²) >= 11 is 0. The lowest BCUT2D eigenvalue weighted by atomic mass is 9.99. The van der Waals surface area contributed by atoms with Crippen LogP contribution in [0.25, 0.3) is 0 Å². The van der Waals surface area contributed by atoms with Gasteiger partial charge in [-0.2, -0.15) is 0 Å². The van der Waals surface area contributed by atoms with Gasteiger partial charge in [-0.05, 0) is 50.3 Å². The molecule has 2 aliphatic rings. The van der Waals surface area contributed by atoms with Gasteiger partial charge in [0.05, 0.1) is 5.71 Å². The molecule has 0 saturated carbocycles. The smallest absolute Gasteiger partial charge is 0.342 e. The minimum Gasteiger partial charge on any atom is -0.508 e. The molecule has 1 fully saturated rings. The fourth-order valence-electron chi connectivity index (χ4n) is 3.94. The number of likely N-dealkylation sites (tertiary alicyclic amines) is 1. The number of amides is 1. The predicted molar refractivity (Wildman–Crippen MR) is 128 cm³/mol. The largest absolute Gasteiger partial charge is 0.508 e. The molecule has 0 unspecified atom stereocenters. The van der Waals surface area contributed by atoms with Crippen LogP contribution in [0.2, 0.25) is 0 Å². The number of rotatable bonds is 3. The number of carbonyl (C=O) groups is 2. The Bertz CT molecular complexity index is 966. The first-order valence-corrected chi connectivity index (χ1v) is 11.6. The number of phenols is 2. The molecule has 3 rings (SSSR count). The Morgan fingerprint density at radius 3 is 2.74 bits per heavy atom. The van der Waals surface area contributed by atoms with Crippen LogP contribution >= 0.6 is 0 Å². The maximum absolute atomic E-state index is 12.8. The molecule has 4 N–H and O–H groups in total. The molecule has 1 amide bonds. The zero-order valence-electron chi connectivity index (χ0n) is 19.5. The Hall–Kier alpha value is -3.33. The number of fused-ring (bicyclic) bond motifs is 1. The van der Waals surface area contributed by atoms with Gasteiger partial charge in [-0.3, -0.25) is 4.79 Å². The standard InChI is InChI=1S/C25H33N3O6/c1-17-7-5-8-19(26)9-6-10-20(27-33-16-23(31)28-11-3-2-4-12-28)13-18-14-21(29)15-22(30)24(18)25(32)34-17/h5-6,8,10,14-15,17,19,29-30H,2-4,7,9,11-13,16,26H2,1H3/t17-,19+/m1/s1. The Morgan fingerprint density at radius 1 is 1.21 bits per heavy atom. The number of aromatic hydroxyl groups is 2. The molecule has 2 heterocycles. The molecule has 2 aliphatic heterocycles. The summed E-state index contributed by atoms with van der Waals surface area (Å²) in [5, 5.41) is 24.5. The van der Waals surface area contributed by atoms with Gasteiger partial charge in [0.1, 0.15) is 23.2 Å². The van der Waals surface area contributed by atoms with Gasteiger partial charge in [0.25, 0.3) is 5.91 Å². The van der Waals surface area contributed by atoms with Crippen LogP contribution in [0, 0.1) is 0 Å². The van der Waals surface area contributed by atoms with Crippen molar-refractivity contribution in [2.75, 3.05) is 19.7 Å². The van der Waals surface area contributed by atoms with Crippen LogP contribution in [0.5, 0.6) is 11.5 Å². The van der Waals surface area contributed by atoms with E-state index in [4.69, 9.17) is 15.3 Å². The number of piperidine rings is 1. The number of nitrogens with zero attached hydrogens (tertiary/aromatic N) is 2. The van der Waals surface area contributed by atoms with Crippen LogP contribution in [-0.2, 0) is 20.8 Å². The molecule has 0 radical (unpaired) electrons. The monoisotopic (exact) mass is 471 g/mol. The van der Waals surface area contributed by atoms with Gasteiger partial charge < -0.3 is 30.4 Å². The summed E-state index contributed by atoms with van der Waals surface area (Å²) in [5.41, 5.74) is 6.78. The summed E-state index contributed by atoms with van der Waals surface area (Å²) in [4.78, 5) is 32.3. The Balaban J connectivity index is 1.86. The van der Waals surface area contributed by atoms with Crippen LogP contribution in [0.15, 0.2) is 41.6 Å². The predicted octanol–water partition coefficient (Wildman–Crippen LogP) is 2.80. The zero-order chi connectivity index (χ0) is 24.5. The van der Waals surface area contributed by atoms with Crippen LogP contribution in [0.4, 0.5) is 0 Å². The van der Waals surface area contributed by atoms with Crippen molar-refractivity contribution in [2.45, 2.75) is 57.6 Å². The number of nitrogens with two attached hydrogens (primary N) is 1. The van der Waals surface area contributed by atoms with Crippen molar-refractivity contribution >= 4 is 17.6 Å². The molecule has 0 bridgehead atoms. The summed E-state index contributed by atoms with van der Waals surface area (Å²) in [7, 11) is 0. The van der Waals surface area contributed by atoms with E-state index < -0.39 is 12.1 Å². The van der Waals surface area contributed by atoms with Crippen molar-refractivity contribution in [3.63, 3.8) is 0 Å². The highest BCUT2D eigenvalue weighted by Gasteiger charge is 2.22. The zero-order valence-corrected chi connectivity index (χ0v) is 19.5. The summed E-state index contributed by atoms with van der Waals surface area (Å²) in [6.07, 6.45) is 10.9. The molecule has 0 aliphatic carbocycles. The first kappa shape index (κ1) is 25.3. The molecule has 9 nitrogen and oxygen atoms in total. The van der Waals surface area contributed by atoms with E-state index in [9.17, 15) is 19.8 Å². The second-order valence-electron chi connectivity index (χ2n) is 8.66. The maximum Gasteiger partial charge on any atom is 0.342 e. The lowest BCUT2D eigenvalue weighted by Gasteiger charge is -2.26. The lowest BCUT2D eigenvalue weighted by Crippen LogP contribution is -2.37. The van der Waals surface area contributed by atoms with Crippen LogP contribution in [0.3, 0.4) is 0 Å². The molecule has 2 atom stereocenters. The summed E-state index contributed by atoms with van der Waals surface area (Å²) < 4.78 is 5.48. The number of benzene rings is 1. The van der Waals surface area contributed by atoms with E-state index in [0.29, 0.717) is 24.1 Å².